The van der Waals surface area contributed by atoms with Gasteiger partial charge in [-0.15, -0.1) is 0 Å². The fourth-order valence-corrected chi connectivity index (χ4v) is 2.92. The molecule has 7 heteroatoms. The summed E-state index contributed by atoms with van der Waals surface area (Å²) in [5.41, 5.74) is 0.706. The number of carbonyl (C=O) groups excluding carboxylic acids is 2. The molecule has 1 aromatic heterocycles. The number of amides is 2. The average molecular weight is 309 g/mol. The van der Waals surface area contributed by atoms with Crippen LogP contribution in [0.2, 0.25) is 0 Å². The Morgan fingerprint density at radius 1 is 1.50 bits per heavy atom. The first-order valence-corrected chi connectivity index (χ1v) is 7.48. The van der Waals surface area contributed by atoms with Gasteiger partial charge in [0.15, 0.2) is 0 Å². The van der Waals surface area contributed by atoms with Crippen molar-refractivity contribution in [3.8, 4) is 0 Å². The lowest BCUT2D eigenvalue weighted by molar-refractivity contribution is -0.140. The van der Waals surface area contributed by atoms with Crippen molar-refractivity contribution in [1.29, 1.82) is 0 Å². The number of aryl methyl sites for hydroxylation is 1. The van der Waals surface area contributed by atoms with E-state index in [0.717, 1.165) is 0 Å². The van der Waals surface area contributed by atoms with Gasteiger partial charge >= 0.3 is 0 Å². The van der Waals surface area contributed by atoms with Gasteiger partial charge in [-0.1, -0.05) is 19.0 Å². The standard InChI is InChI=1S/C15H23N3O4/c1-8(2)13(12-5-9(3)17-22-12)15(21)18-7-10(19)6-11(18)14(20)16-4/h5,8,10-11,13,19H,6-7H2,1-4H3,(H,16,20)/t10-,11+,13?/m1/s1. The molecule has 0 spiro atoms. The zero-order chi connectivity index (χ0) is 16.4. The van der Waals surface area contributed by atoms with Crippen molar-refractivity contribution in [2.75, 3.05) is 13.6 Å². The topological polar surface area (TPSA) is 95.7 Å². The molecule has 1 saturated heterocycles. The maximum atomic E-state index is 12.9. The minimum Gasteiger partial charge on any atom is -0.391 e. The third kappa shape index (κ3) is 3.14. The summed E-state index contributed by atoms with van der Waals surface area (Å²) in [6, 6.07) is 1.10. The Kier molecular flexibility index (Phi) is 4.85. The molecule has 0 saturated carbocycles. The van der Waals surface area contributed by atoms with E-state index in [-0.39, 0.29) is 30.7 Å². The molecule has 122 valence electrons. The lowest BCUT2D eigenvalue weighted by atomic mass is 9.91. The third-order valence-corrected chi connectivity index (χ3v) is 4.00. The van der Waals surface area contributed by atoms with E-state index in [9.17, 15) is 14.7 Å². The van der Waals surface area contributed by atoms with Gasteiger partial charge < -0.3 is 19.8 Å². The molecule has 0 aromatic carbocycles. The quantitative estimate of drug-likeness (QED) is 0.841. The van der Waals surface area contributed by atoms with Gasteiger partial charge in [-0.2, -0.15) is 0 Å². The molecule has 1 unspecified atom stereocenters. The van der Waals surface area contributed by atoms with Gasteiger partial charge in [0.2, 0.25) is 11.8 Å². The van der Waals surface area contributed by atoms with E-state index in [4.69, 9.17) is 4.52 Å². The number of nitrogens with zero attached hydrogens (tertiary/aromatic N) is 2. The van der Waals surface area contributed by atoms with Gasteiger partial charge in [0.05, 0.1) is 11.8 Å². The predicted octanol–water partition coefficient (Wildman–Crippen LogP) is 0.430. The minimum atomic E-state index is -0.685. The number of aromatic nitrogens is 1. The number of aliphatic hydroxyl groups is 1. The molecule has 1 aliphatic rings. The largest absolute Gasteiger partial charge is 0.391 e. The van der Waals surface area contributed by atoms with Crippen LogP contribution in [0.5, 0.6) is 0 Å². The molecule has 2 rings (SSSR count). The maximum Gasteiger partial charge on any atom is 0.242 e. The fraction of sp³-hybridized carbons (Fsp3) is 0.667. The Balaban J connectivity index is 2.28. The number of aliphatic hydroxyl groups excluding tert-OH is 1. The van der Waals surface area contributed by atoms with Crippen LogP contribution in [0.25, 0.3) is 0 Å². The molecule has 2 heterocycles. The molecule has 2 N–H and O–H groups in total. The van der Waals surface area contributed by atoms with Gasteiger partial charge in [0, 0.05) is 26.1 Å². The predicted molar refractivity (Wildman–Crippen MR) is 79.0 cm³/mol. The molecule has 3 atom stereocenters. The first kappa shape index (κ1) is 16.5. The second-order valence-electron chi connectivity index (χ2n) is 6.10. The zero-order valence-electron chi connectivity index (χ0n) is 13.4. The van der Waals surface area contributed by atoms with Crippen molar-refractivity contribution >= 4 is 11.8 Å². The summed E-state index contributed by atoms with van der Waals surface area (Å²) >= 11 is 0. The van der Waals surface area contributed by atoms with Crippen molar-refractivity contribution < 1.29 is 19.2 Å². The lowest BCUT2D eigenvalue weighted by Crippen LogP contribution is -2.47. The van der Waals surface area contributed by atoms with E-state index in [1.807, 2.05) is 13.8 Å². The highest BCUT2D eigenvalue weighted by molar-refractivity contribution is 5.91. The number of hydrogen-bond acceptors (Lipinski definition) is 5. The van der Waals surface area contributed by atoms with Crippen LogP contribution >= 0.6 is 0 Å². The van der Waals surface area contributed by atoms with Crippen LogP contribution in [-0.4, -0.2) is 52.7 Å². The number of hydrogen-bond donors (Lipinski definition) is 2. The Hall–Kier alpha value is -1.89. The average Bonchev–Trinajstić information content (AvgIpc) is 3.04. The molecular formula is C15H23N3O4. The summed E-state index contributed by atoms with van der Waals surface area (Å²) in [5, 5.41) is 16.2. The van der Waals surface area contributed by atoms with Crippen LogP contribution in [0.1, 0.15) is 37.6 Å². The Labute approximate surface area is 129 Å². The monoisotopic (exact) mass is 309 g/mol. The summed E-state index contributed by atoms with van der Waals surface area (Å²) in [6.45, 7) is 5.79. The summed E-state index contributed by atoms with van der Waals surface area (Å²) in [7, 11) is 1.52. The third-order valence-electron chi connectivity index (χ3n) is 4.00. The van der Waals surface area contributed by atoms with Gasteiger partial charge in [-0.25, -0.2) is 0 Å². The summed E-state index contributed by atoms with van der Waals surface area (Å²) < 4.78 is 5.26. The second kappa shape index (κ2) is 6.48. The molecule has 2 amide bonds. The van der Waals surface area contributed by atoms with E-state index in [1.165, 1.54) is 11.9 Å². The van der Waals surface area contributed by atoms with Gasteiger partial charge in [0.1, 0.15) is 17.7 Å². The first-order valence-electron chi connectivity index (χ1n) is 7.48. The van der Waals surface area contributed by atoms with Crippen LogP contribution in [0, 0.1) is 12.8 Å². The van der Waals surface area contributed by atoms with Crippen molar-refractivity contribution in [2.24, 2.45) is 5.92 Å². The lowest BCUT2D eigenvalue weighted by Gasteiger charge is -2.28. The van der Waals surface area contributed by atoms with Crippen LogP contribution in [0.3, 0.4) is 0 Å². The molecule has 1 aromatic rings. The second-order valence-corrected chi connectivity index (χ2v) is 6.10. The smallest absolute Gasteiger partial charge is 0.242 e. The van der Waals surface area contributed by atoms with Crippen molar-refractivity contribution in [2.45, 2.75) is 45.3 Å². The van der Waals surface area contributed by atoms with Crippen LogP contribution in [-0.2, 0) is 9.59 Å². The van der Waals surface area contributed by atoms with Crippen molar-refractivity contribution in [3.05, 3.63) is 17.5 Å². The van der Waals surface area contributed by atoms with E-state index < -0.39 is 18.1 Å². The van der Waals surface area contributed by atoms with Crippen LogP contribution < -0.4 is 5.32 Å². The molecule has 1 aliphatic heterocycles. The van der Waals surface area contributed by atoms with Crippen LogP contribution in [0.15, 0.2) is 10.6 Å². The molecule has 0 radical (unpaired) electrons. The molecule has 7 nitrogen and oxygen atoms in total. The summed E-state index contributed by atoms with van der Waals surface area (Å²) in [4.78, 5) is 26.3. The molecule has 0 bridgehead atoms. The van der Waals surface area contributed by atoms with Crippen molar-refractivity contribution in [3.63, 3.8) is 0 Å². The normalized spacial score (nSPS) is 22.9. The minimum absolute atomic E-state index is 0.0112. The number of likely N-dealkylation sites (N-methyl/N-ethyl adjacent to an activating group) is 1. The van der Waals surface area contributed by atoms with Crippen LogP contribution in [0.4, 0.5) is 0 Å². The molecule has 22 heavy (non-hydrogen) atoms. The highest BCUT2D eigenvalue weighted by Crippen LogP contribution is 2.30. The Bertz CT molecular complexity index is 555. The number of β-amino-alcohol motifs (C(OH)–C–C–N with tert-alkyl or cyclic N) is 1. The van der Waals surface area contributed by atoms with E-state index >= 15 is 0 Å². The van der Waals surface area contributed by atoms with E-state index in [1.54, 1.807) is 13.0 Å². The Morgan fingerprint density at radius 2 is 2.18 bits per heavy atom. The number of likely N-dealkylation sites (tertiary alicyclic amines) is 1. The molecule has 1 fully saturated rings. The number of carbonyl (C=O) groups is 2. The van der Waals surface area contributed by atoms with E-state index in [2.05, 4.69) is 10.5 Å². The molecule has 0 aliphatic carbocycles. The first-order chi connectivity index (χ1) is 10.3. The van der Waals surface area contributed by atoms with Gasteiger partial charge in [0.25, 0.3) is 0 Å². The highest BCUT2D eigenvalue weighted by atomic mass is 16.5. The number of rotatable bonds is 4. The number of nitrogens with one attached hydrogen (secondary N) is 1. The van der Waals surface area contributed by atoms with E-state index in [0.29, 0.717) is 11.5 Å². The zero-order valence-corrected chi connectivity index (χ0v) is 13.4. The summed E-state index contributed by atoms with van der Waals surface area (Å²) in [5.74, 6) is -0.506. The SMILES string of the molecule is CNC(=O)[C@@H]1C[C@@H](O)CN1C(=O)C(c1cc(C)no1)C(C)C. The van der Waals surface area contributed by atoms with Gasteiger partial charge in [-0.05, 0) is 12.8 Å². The Morgan fingerprint density at radius 3 is 2.68 bits per heavy atom. The van der Waals surface area contributed by atoms with Gasteiger partial charge in [-0.3, -0.25) is 9.59 Å². The van der Waals surface area contributed by atoms with Crippen molar-refractivity contribution in [1.82, 2.24) is 15.4 Å². The highest BCUT2D eigenvalue weighted by Gasteiger charge is 2.42. The maximum absolute atomic E-state index is 12.9. The summed E-state index contributed by atoms with van der Waals surface area (Å²) in [6.07, 6.45) is -0.429. The fourth-order valence-electron chi connectivity index (χ4n) is 2.92. The molecular weight excluding hydrogens is 286 g/mol.